The number of nitrogens with one attached hydrogen (secondary N) is 1. The van der Waals surface area contributed by atoms with Crippen LogP contribution in [0.1, 0.15) is 19.8 Å². The molecule has 108 valence electrons. The zero-order valence-electron chi connectivity index (χ0n) is 11.5. The highest BCUT2D eigenvalue weighted by molar-refractivity contribution is 4.69. The molecule has 0 radical (unpaired) electrons. The molecular weight excluding hydrogens is 232 g/mol. The summed E-state index contributed by atoms with van der Waals surface area (Å²) < 4.78 is 5.27. The number of nitrogens with zero attached hydrogens (tertiary/aromatic N) is 1. The summed E-state index contributed by atoms with van der Waals surface area (Å²) >= 11 is 0. The molecule has 0 bridgehead atoms. The minimum Gasteiger partial charge on any atom is -0.396 e. The lowest BCUT2D eigenvalue weighted by molar-refractivity contribution is 0.0149. The number of aliphatic hydroxyl groups is 2. The average molecular weight is 260 g/mol. The molecule has 5 heteroatoms. The fourth-order valence-corrected chi connectivity index (χ4v) is 2.08. The first-order valence-corrected chi connectivity index (χ1v) is 7.02. The van der Waals surface area contributed by atoms with E-state index in [4.69, 9.17) is 9.84 Å². The molecule has 0 amide bonds. The Balaban J connectivity index is 1.94. The second-order valence-electron chi connectivity index (χ2n) is 5.20. The van der Waals surface area contributed by atoms with Crippen molar-refractivity contribution in [1.82, 2.24) is 10.2 Å². The van der Waals surface area contributed by atoms with Crippen LogP contribution in [0.25, 0.3) is 0 Å². The minimum absolute atomic E-state index is 0.264. The Kier molecular flexibility index (Phi) is 8.54. The van der Waals surface area contributed by atoms with Crippen molar-refractivity contribution >= 4 is 0 Å². The average Bonchev–Trinajstić information content (AvgIpc) is 2.39. The van der Waals surface area contributed by atoms with Crippen LogP contribution in [0.15, 0.2) is 0 Å². The van der Waals surface area contributed by atoms with Gasteiger partial charge in [-0.2, -0.15) is 0 Å². The van der Waals surface area contributed by atoms with Gasteiger partial charge >= 0.3 is 0 Å². The molecule has 0 aromatic heterocycles. The van der Waals surface area contributed by atoms with E-state index in [1.165, 1.54) is 0 Å². The van der Waals surface area contributed by atoms with E-state index in [2.05, 4.69) is 10.2 Å². The van der Waals surface area contributed by atoms with Crippen molar-refractivity contribution in [2.24, 2.45) is 5.92 Å². The molecule has 2 atom stereocenters. The molecule has 0 aromatic carbocycles. The summed E-state index contributed by atoms with van der Waals surface area (Å²) in [6.07, 6.45) is 1.77. The topological polar surface area (TPSA) is 65.0 Å². The first kappa shape index (κ1) is 15.9. The van der Waals surface area contributed by atoms with Gasteiger partial charge in [0.05, 0.1) is 19.3 Å². The third-order valence-corrected chi connectivity index (χ3v) is 3.31. The first-order valence-electron chi connectivity index (χ1n) is 7.02. The Morgan fingerprint density at radius 1 is 1.33 bits per heavy atom. The van der Waals surface area contributed by atoms with Gasteiger partial charge in [-0.05, 0) is 25.3 Å². The van der Waals surface area contributed by atoms with Crippen molar-refractivity contribution in [3.63, 3.8) is 0 Å². The Morgan fingerprint density at radius 3 is 2.72 bits per heavy atom. The minimum atomic E-state index is -0.307. The second kappa shape index (κ2) is 9.69. The summed E-state index contributed by atoms with van der Waals surface area (Å²) in [5.41, 5.74) is 0. The van der Waals surface area contributed by atoms with Crippen LogP contribution < -0.4 is 5.32 Å². The zero-order chi connectivity index (χ0) is 13.2. The van der Waals surface area contributed by atoms with Gasteiger partial charge in [0.1, 0.15) is 0 Å². The van der Waals surface area contributed by atoms with E-state index in [9.17, 15) is 5.11 Å². The standard InChI is InChI=1S/C13H28N2O3/c1-12(11-16)3-2-4-14-9-13(17)10-15-5-7-18-8-6-15/h12-14,16-17H,2-11H2,1H3. The highest BCUT2D eigenvalue weighted by atomic mass is 16.5. The van der Waals surface area contributed by atoms with E-state index in [1.54, 1.807) is 0 Å². The van der Waals surface area contributed by atoms with Crippen LogP contribution in [0.5, 0.6) is 0 Å². The van der Waals surface area contributed by atoms with Gasteiger partial charge in [-0.15, -0.1) is 0 Å². The fourth-order valence-electron chi connectivity index (χ4n) is 2.08. The molecule has 18 heavy (non-hydrogen) atoms. The van der Waals surface area contributed by atoms with Gasteiger partial charge in [0.25, 0.3) is 0 Å². The molecule has 0 aliphatic carbocycles. The highest BCUT2D eigenvalue weighted by Gasteiger charge is 2.14. The molecule has 1 saturated heterocycles. The SMILES string of the molecule is CC(CO)CCCNCC(O)CN1CCOCC1. The van der Waals surface area contributed by atoms with Crippen LogP contribution in [0.3, 0.4) is 0 Å². The molecule has 3 N–H and O–H groups in total. The van der Waals surface area contributed by atoms with Crippen LogP contribution >= 0.6 is 0 Å². The lowest BCUT2D eigenvalue weighted by Crippen LogP contribution is -2.43. The van der Waals surface area contributed by atoms with E-state index in [0.717, 1.165) is 52.2 Å². The van der Waals surface area contributed by atoms with Crippen molar-refractivity contribution < 1.29 is 14.9 Å². The first-order chi connectivity index (χ1) is 8.72. The van der Waals surface area contributed by atoms with Crippen LogP contribution in [-0.4, -0.2) is 73.8 Å². The van der Waals surface area contributed by atoms with E-state index in [0.29, 0.717) is 12.5 Å². The maximum Gasteiger partial charge on any atom is 0.0791 e. The fraction of sp³-hybridized carbons (Fsp3) is 1.00. The maximum atomic E-state index is 9.87. The number of aliphatic hydroxyl groups excluding tert-OH is 2. The second-order valence-corrected chi connectivity index (χ2v) is 5.20. The van der Waals surface area contributed by atoms with Gasteiger partial charge in [0.15, 0.2) is 0 Å². The Hall–Kier alpha value is -0.200. The molecule has 1 aliphatic heterocycles. The lowest BCUT2D eigenvalue weighted by Gasteiger charge is -2.28. The maximum absolute atomic E-state index is 9.87. The van der Waals surface area contributed by atoms with E-state index >= 15 is 0 Å². The Morgan fingerprint density at radius 2 is 2.06 bits per heavy atom. The third kappa shape index (κ3) is 7.28. The molecule has 0 aromatic rings. The number of β-amino-alcohol motifs (C(OH)–C–C–N with tert-alkyl or cyclic N) is 1. The van der Waals surface area contributed by atoms with Crippen LogP contribution in [-0.2, 0) is 4.74 Å². The molecule has 5 nitrogen and oxygen atoms in total. The predicted molar refractivity (Wildman–Crippen MR) is 71.6 cm³/mol. The molecule has 2 unspecified atom stereocenters. The molecule has 0 saturated carbocycles. The molecule has 1 heterocycles. The van der Waals surface area contributed by atoms with Gasteiger partial charge in [0, 0.05) is 32.8 Å². The normalized spacial score (nSPS) is 20.8. The van der Waals surface area contributed by atoms with Gasteiger partial charge in [-0.25, -0.2) is 0 Å². The molecular formula is C13H28N2O3. The van der Waals surface area contributed by atoms with E-state index in [1.807, 2.05) is 6.92 Å². The van der Waals surface area contributed by atoms with Crippen molar-refractivity contribution in [2.75, 3.05) is 52.5 Å². The zero-order valence-corrected chi connectivity index (χ0v) is 11.5. The quantitative estimate of drug-likeness (QED) is 0.496. The summed E-state index contributed by atoms with van der Waals surface area (Å²) in [5.74, 6) is 0.380. The lowest BCUT2D eigenvalue weighted by atomic mass is 10.1. The summed E-state index contributed by atoms with van der Waals surface area (Å²) in [4.78, 5) is 2.24. The highest BCUT2D eigenvalue weighted by Crippen LogP contribution is 2.02. The van der Waals surface area contributed by atoms with Crippen LogP contribution in [0, 0.1) is 5.92 Å². The van der Waals surface area contributed by atoms with E-state index in [-0.39, 0.29) is 12.7 Å². The third-order valence-electron chi connectivity index (χ3n) is 3.31. The molecule has 1 aliphatic rings. The van der Waals surface area contributed by atoms with Crippen molar-refractivity contribution in [2.45, 2.75) is 25.9 Å². The van der Waals surface area contributed by atoms with Crippen LogP contribution in [0.2, 0.25) is 0 Å². The summed E-state index contributed by atoms with van der Waals surface area (Å²) in [6.45, 7) is 7.99. The smallest absolute Gasteiger partial charge is 0.0791 e. The summed E-state index contributed by atoms with van der Waals surface area (Å²) in [7, 11) is 0. The molecule has 1 rings (SSSR count). The van der Waals surface area contributed by atoms with Gasteiger partial charge in [0.2, 0.25) is 0 Å². The number of ether oxygens (including phenoxy) is 1. The predicted octanol–water partition coefficient (Wildman–Crippen LogP) is -0.322. The molecule has 1 fully saturated rings. The van der Waals surface area contributed by atoms with Crippen molar-refractivity contribution in [3.8, 4) is 0 Å². The molecule has 0 spiro atoms. The van der Waals surface area contributed by atoms with Crippen molar-refractivity contribution in [3.05, 3.63) is 0 Å². The van der Waals surface area contributed by atoms with Crippen molar-refractivity contribution in [1.29, 1.82) is 0 Å². The van der Waals surface area contributed by atoms with E-state index < -0.39 is 0 Å². The number of rotatable bonds is 9. The van der Waals surface area contributed by atoms with Crippen LogP contribution in [0.4, 0.5) is 0 Å². The number of hydrogen-bond donors (Lipinski definition) is 3. The largest absolute Gasteiger partial charge is 0.396 e. The number of hydrogen-bond acceptors (Lipinski definition) is 5. The summed E-state index contributed by atoms with van der Waals surface area (Å²) in [5, 5.41) is 22.0. The van der Waals surface area contributed by atoms with Gasteiger partial charge in [-0.1, -0.05) is 6.92 Å². The monoisotopic (exact) mass is 260 g/mol. The Labute approximate surface area is 110 Å². The van der Waals surface area contributed by atoms with Gasteiger partial charge < -0.3 is 20.3 Å². The summed E-state index contributed by atoms with van der Waals surface area (Å²) in [6, 6.07) is 0. The van der Waals surface area contributed by atoms with Gasteiger partial charge in [-0.3, -0.25) is 4.90 Å². The Bertz CT molecular complexity index is 199. The number of morpholine rings is 1.